The number of thioether (sulfide) groups is 2. The van der Waals surface area contributed by atoms with Crippen molar-refractivity contribution in [3.05, 3.63) is 53.6 Å². The summed E-state index contributed by atoms with van der Waals surface area (Å²) in [5.41, 5.74) is 0. The van der Waals surface area contributed by atoms with Gasteiger partial charge in [-0.2, -0.15) is 0 Å². The van der Waals surface area contributed by atoms with Gasteiger partial charge < -0.3 is 5.11 Å². The summed E-state index contributed by atoms with van der Waals surface area (Å²) in [6, 6.07) is 15.3. The quantitative estimate of drug-likeness (QED) is 0.568. The second-order valence-electron chi connectivity index (χ2n) is 4.00. The average molecular weight is 311 g/mol. The Kier molecular flexibility index (Phi) is 5.49. The van der Waals surface area contributed by atoms with E-state index in [2.05, 4.69) is 6.92 Å². The van der Waals surface area contributed by atoms with Crippen LogP contribution in [0.4, 0.5) is 0 Å². The lowest BCUT2D eigenvalue weighted by Gasteiger charge is -2.15. The van der Waals surface area contributed by atoms with Crippen molar-refractivity contribution in [3.8, 4) is 5.75 Å². The minimum atomic E-state index is 0.350. The molecule has 2 aromatic rings. The molecule has 0 spiro atoms. The summed E-state index contributed by atoms with van der Waals surface area (Å²) in [7, 11) is 0. The maximum atomic E-state index is 9.81. The van der Waals surface area contributed by atoms with Gasteiger partial charge in [-0.3, -0.25) is 0 Å². The Labute approximate surface area is 127 Å². The van der Waals surface area contributed by atoms with Crippen molar-refractivity contribution >= 4 is 35.1 Å². The largest absolute Gasteiger partial charge is 0.507 e. The van der Waals surface area contributed by atoms with Crippen LogP contribution in [0.25, 0.3) is 0 Å². The Morgan fingerprint density at radius 3 is 2.37 bits per heavy atom. The number of halogens is 1. The van der Waals surface area contributed by atoms with Gasteiger partial charge in [0, 0.05) is 9.92 Å². The van der Waals surface area contributed by atoms with Crippen LogP contribution in [0.1, 0.15) is 13.3 Å². The summed E-state index contributed by atoms with van der Waals surface area (Å²) in [5.74, 6) is 0.350. The molecule has 2 aromatic carbocycles. The molecule has 0 fully saturated rings. The molecule has 1 nitrogen and oxygen atoms in total. The van der Waals surface area contributed by atoms with E-state index in [-0.39, 0.29) is 0 Å². The van der Waals surface area contributed by atoms with Crippen molar-refractivity contribution in [2.24, 2.45) is 0 Å². The standard InChI is InChI=1S/C15H15ClOS2/c1-2-15(18-12-9-7-11(16)8-10-12)19-14-6-4-3-5-13(14)17/h3-10,15,17H,2H2,1H3. The smallest absolute Gasteiger partial charge is 0.129 e. The van der Waals surface area contributed by atoms with Crippen molar-refractivity contribution < 1.29 is 5.11 Å². The molecule has 0 radical (unpaired) electrons. The Morgan fingerprint density at radius 1 is 1.05 bits per heavy atom. The highest BCUT2D eigenvalue weighted by Gasteiger charge is 2.12. The summed E-state index contributed by atoms with van der Waals surface area (Å²) in [6.45, 7) is 2.15. The van der Waals surface area contributed by atoms with Crippen molar-refractivity contribution in [2.75, 3.05) is 0 Å². The number of phenolic OH excluding ortho intramolecular Hbond substituents is 1. The zero-order valence-corrected chi connectivity index (χ0v) is 12.9. The number of rotatable bonds is 5. The fourth-order valence-corrected chi connectivity index (χ4v) is 4.08. The first-order valence-corrected chi connectivity index (χ1v) is 8.19. The van der Waals surface area contributed by atoms with Crippen LogP contribution in [0, 0.1) is 0 Å². The molecule has 100 valence electrons. The highest BCUT2D eigenvalue weighted by Crippen LogP contribution is 2.40. The normalized spacial score (nSPS) is 12.3. The van der Waals surface area contributed by atoms with E-state index in [4.69, 9.17) is 11.6 Å². The van der Waals surface area contributed by atoms with Crippen LogP contribution >= 0.6 is 35.1 Å². The van der Waals surface area contributed by atoms with E-state index in [0.29, 0.717) is 10.3 Å². The number of aromatic hydroxyl groups is 1. The maximum absolute atomic E-state index is 9.81. The molecule has 0 heterocycles. The Balaban J connectivity index is 2.05. The molecule has 0 aliphatic heterocycles. The summed E-state index contributed by atoms with van der Waals surface area (Å²) < 4.78 is 0.370. The molecule has 0 aliphatic rings. The molecule has 0 amide bonds. The fourth-order valence-electron chi connectivity index (χ4n) is 1.55. The number of benzene rings is 2. The Bertz CT molecular complexity index is 528. The molecule has 0 aromatic heterocycles. The van der Waals surface area contributed by atoms with E-state index in [9.17, 15) is 5.11 Å². The van der Waals surface area contributed by atoms with Crippen LogP contribution in [0.5, 0.6) is 5.75 Å². The van der Waals surface area contributed by atoms with E-state index >= 15 is 0 Å². The third kappa shape index (κ3) is 4.37. The van der Waals surface area contributed by atoms with Crippen LogP contribution < -0.4 is 0 Å². The van der Waals surface area contributed by atoms with E-state index in [1.807, 2.05) is 42.5 Å². The molecule has 0 saturated carbocycles. The summed E-state index contributed by atoms with van der Waals surface area (Å²) >= 11 is 9.37. The molecule has 1 atom stereocenters. The SMILES string of the molecule is CCC(Sc1ccc(Cl)cc1)Sc1ccccc1O. The molecule has 1 N–H and O–H groups in total. The fraction of sp³-hybridized carbons (Fsp3) is 0.200. The predicted molar refractivity (Wildman–Crippen MR) is 85.4 cm³/mol. The lowest BCUT2D eigenvalue weighted by molar-refractivity contribution is 0.462. The van der Waals surface area contributed by atoms with Gasteiger partial charge in [-0.15, -0.1) is 23.5 Å². The molecule has 2 rings (SSSR count). The van der Waals surface area contributed by atoms with Crippen LogP contribution in [0.15, 0.2) is 58.3 Å². The minimum absolute atomic E-state index is 0.350. The van der Waals surface area contributed by atoms with E-state index in [1.165, 1.54) is 4.90 Å². The summed E-state index contributed by atoms with van der Waals surface area (Å²) in [5, 5.41) is 10.6. The number of phenols is 1. The lowest BCUT2D eigenvalue weighted by Crippen LogP contribution is -1.94. The van der Waals surface area contributed by atoms with Gasteiger partial charge in [0.2, 0.25) is 0 Å². The maximum Gasteiger partial charge on any atom is 0.129 e. The minimum Gasteiger partial charge on any atom is -0.507 e. The molecule has 0 bridgehead atoms. The Morgan fingerprint density at radius 2 is 1.74 bits per heavy atom. The zero-order valence-electron chi connectivity index (χ0n) is 10.5. The monoisotopic (exact) mass is 310 g/mol. The van der Waals surface area contributed by atoms with Gasteiger partial charge in [0.05, 0.1) is 9.48 Å². The molecule has 4 heteroatoms. The van der Waals surface area contributed by atoms with Gasteiger partial charge in [-0.25, -0.2) is 0 Å². The third-order valence-electron chi connectivity index (χ3n) is 2.54. The van der Waals surface area contributed by atoms with Gasteiger partial charge >= 0.3 is 0 Å². The molecule has 1 unspecified atom stereocenters. The first-order valence-electron chi connectivity index (χ1n) is 6.06. The molecular formula is C15H15ClOS2. The highest BCUT2D eigenvalue weighted by atomic mass is 35.5. The second kappa shape index (κ2) is 7.13. The Hall–Kier alpha value is -0.770. The van der Waals surface area contributed by atoms with Gasteiger partial charge in [0.1, 0.15) is 5.75 Å². The van der Waals surface area contributed by atoms with Gasteiger partial charge in [-0.1, -0.05) is 30.7 Å². The third-order valence-corrected chi connectivity index (χ3v) is 5.70. The molecule has 19 heavy (non-hydrogen) atoms. The topological polar surface area (TPSA) is 20.2 Å². The summed E-state index contributed by atoms with van der Waals surface area (Å²) in [4.78, 5) is 2.12. The molecule has 0 saturated heterocycles. The first-order chi connectivity index (χ1) is 9.19. The van der Waals surface area contributed by atoms with Gasteiger partial charge in [0.15, 0.2) is 0 Å². The summed E-state index contributed by atoms with van der Waals surface area (Å²) in [6.07, 6.45) is 1.02. The zero-order chi connectivity index (χ0) is 13.7. The highest BCUT2D eigenvalue weighted by molar-refractivity contribution is 8.17. The molecule has 0 aliphatic carbocycles. The van der Waals surface area contributed by atoms with Crippen molar-refractivity contribution in [3.63, 3.8) is 0 Å². The number of hydrogen-bond acceptors (Lipinski definition) is 3. The average Bonchev–Trinajstić information content (AvgIpc) is 2.43. The first kappa shape index (κ1) is 14.6. The number of para-hydroxylation sites is 1. The predicted octanol–water partition coefficient (Wildman–Crippen LogP) is 5.67. The van der Waals surface area contributed by atoms with Crippen LogP contribution in [0.2, 0.25) is 5.02 Å². The lowest BCUT2D eigenvalue weighted by atomic mass is 10.3. The van der Waals surface area contributed by atoms with E-state index < -0.39 is 0 Å². The van der Waals surface area contributed by atoms with Gasteiger partial charge in [-0.05, 0) is 42.8 Å². The van der Waals surface area contributed by atoms with Crippen LogP contribution in [0.3, 0.4) is 0 Å². The van der Waals surface area contributed by atoms with Crippen molar-refractivity contribution in [2.45, 2.75) is 27.7 Å². The van der Waals surface area contributed by atoms with Crippen LogP contribution in [-0.4, -0.2) is 9.69 Å². The van der Waals surface area contributed by atoms with Gasteiger partial charge in [0.25, 0.3) is 0 Å². The number of hydrogen-bond donors (Lipinski definition) is 1. The molecular weight excluding hydrogens is 296 g/mol. The van der Waals surface area contributed by atoms with E-state index in [0.717, 1.165) is 16.3 Å². The van der Waals surface area contributed by atoms with Crippen LogP contribution in [-0.2, 0) is 0 Å². The van der Waals surface area contributed by atoms with Crippen molar-refractivity contribution in [1.29, 1.82) is 0 Å². The van der Waals surface area contributed by atoms with Crippen molar-refractivity contribution in [1.82, 2.24) is 0 Å². The van der Waals surface area contributed by atoms with E-state index in [1.54, 1.807) is 29.6 Å². The second-order valence-corrected chi connectivity index (χ2v) is 7.25.